The van der Waals surface area contributed by atoms with E-state index in [4.69, 9.17) is 9.47 Å². The van der Waals surface area contributed by atoms with E-state index in [1.807, 2.05) is 12.1 Å². The van der Waals surface area contributed by atoms with Crippen LogP contribution in [0.3, 0.4) is 0 Å². The van der Waals surface area contributed by atoms with Crippen molar-refractivity contribution >= 4 is 23.2 Å². The minimum Gasteiger partial charge on any atom is -0.497 e. The quantitative estimate of drug-likeness (QED) is 0.770. The number of methoxy groups -OCH3 is 1. The summed E-state index contributed by atoms with van der Waals surface area (Å²) in [5.74, 6) is 0.911. The van der Waals surface area contributed by atoms with Crippen molar-refractivity contribution in [2.45, 2.75) is 11.8 Å². The number of hydrogen-bond acceptors (Lipinski definition) is 6. The van der Waals surface area contributed by atoms with Crippen LogP contribution in [-0.4, -0.2) is 57.2 Å². The summed E-state index contributed by atoms with van der Waals surface area (Å²) in [6.07, 6.45) is 1.72. The Hall–Kier alpha value is -1.50. The van der Waals surface area contributed by atoms with Crippen LogP contribution in [0.15, 0.2) is 34.2 Å². The van der Waals surface area contributed by atoms with E-state index in [0.29, 0.717) is 0 Å². The van der Waals surface area contributed by atoms with Crippen LogP contribution < -0.4 is 9.64 Å². The highest BCUT2D eigenvalue weighted by atomic mass is 32.2. The van der Waals surface area contributed by atoms with E-state index in [1.54, 1.807) is 31.9 Å². The van der Waals surface area contributed by atoms with Crippen molar-refractivity contribution in [3.05, 3.63) is 29.3 Å². The van der Waals surface area contributed by atoms with Crippen LogP contribution in [0.25, 0.3) is 0 Å². The van der Waals surface area contributed by atoms with Crippen molar-refractivity contribution in [3.63, 3.8) is 0 Å². The first-order chi connectivity index (χ1) is 11.2. The first kappa shape index (κ1) is 16.4. The van der Waals surface area contributed by atoms with E-state index in [0.717, 1.165) is 55.9 Å². The number of fused-ring (bicyclic) bond motifs is 1. The number of thioether (sulfide) groups is 1. The van der Waals surface area contributed by atoms with Gasteiger partial charge in [0, 0.05) is 43.2 Å². The lowest BCUT2D eigenvalue weighted by molar-refractivity contribution is -0.112. The van der Waals surface area contributed by atoms with Crippen molar-refractivity contribution in [1.82, 2.24) is 4.90 Å². The normalized spacial score (nSPS) is 19.9. The Kier molecular flexibility index (Phi) is 5.25. The van der Waals surface area contributed by atoms with E-state index >= 15 is 0 Å². The zero-order valence-corrected chi connectivity index (χ0v) is 14.4. The molecular formula is C17H22N2O3S. The number of benzene rings is 1. The minimum absolute atomic E-state index is 0.0728. The van der Waals surface area contributed by atoms with Crippen molar-refractivity contribution in [1.29, 1.82) is 0 Å². The molecule has 1 aromatic carbocycles. The van der Waals surface area contributed by atoms with Gasteiger partial charge in [0.05, 0.1) is 31.0 Å². The molecule has 0 saturated carbocycles. The fraction of sp³-hybridized carbons (Fsp3) is 0.471. The lowest BCUT2D eigenvalue weighted by Crippen LogP contribution is -2.40. The zero-order valence-electron chi connectivity index (χ0n) is 13.6. The summed E-state index contributed by atoms with van der Waals surface area (Å²) in [6, 6.07) is 6.06. The fourth-order valence-electron chi connectivity index (χ4n) is 2.79. The van der Waals surface area contributed by atoms with Crippen LogP contribution in [0.4, 0.5) is 5.69 Å². The van der Waals surface area contributed by atoms with Gasteiger partial charge in [-0.1, -0.05) is 11.8 Å². The monoisotopic (exact) mass is 334 g/mol. The largest absolute Gasteiger partial charge is 0.497 e. The highest BCUT2D eigenvalue weighted by molar-refractivity contribution is 8.03. The molecule has 2 heterocycles. The maximum Gasteiger partial charge on any atom is 0.155 e. The zero-order chi connectivity index (χ0) is 16.2. The number of carbonyl (C=O) groups excluding carboxylic acids is 1. The Bertz CT molecular complexity index is 612. The smallest absolute Gasteiger partial charge is 0.155 e. The predicted octanol–water partition coefficient (Wildman–Crippen LogP) is 2.37. The van der Waals surface area contributed by atoms with Crippen molar-refractivity contribution in [2.24, 2.45) is 0 Å². The van der Waals surface area contributed by atoms with Crippen LogP contribution in [0.5, 0.6) is 5.75 Å². The predicted molar refractivity (Wildman–Crippen MR) is 92.2 cm³/mol. The van der Waals surface area contributed by atoms with Crippen LogP contribution >= 0.6 is 11.8 Å². The summed E-state index contributed by atoms with van der Waals surface area (Å²) in [6.45, 7) is 6.94. The van der Waals surface area contributed by atoms with E-state index in [-0.39, 0.29) is 5.78 Å². The number of nitrogens with zero attached hydrogens (tertiary/aromatic N) is 2. The van der Waals surface area contributed by atoms with E-state index in [1.165, 1.54) is 4.90 Å². The molecule has 23 heavy (non-hydrogen) atoms. The number of carbonyl (C=O) groups is 1. The molecule has 0 atom stereocenters. The molecule has 6 heteroatoms. The molecule has 124 valence electrons. The summed E-state index contributed by atoms with van der Waals surface area (Å²) in [7, 11) is 1.67. The molecule has 0 spiro atoms. The third kappa shape index (κ3) is 3.88. The van der Waals surface area contributed by atoms with Crippen molar-refractivity contribution < 1.29 is 14.3 Å². The maximum absolute atomic E-state index is 11.6. The molecule has 0 N–H and O–H groups in total. The van der Waals surface area contributed by atoms with Gasteiger partial charge in [-0.15, -0.1) is 0 Å². The molecule has 2 aliphatic rings. The van der Waals surface area contributed by atoms with Gasteiger partial charge >= 0.3 is 0 Å². The number of ether oxygens (including phenoxy) is 2. The Morgan fingerprint density at radius 3 is 2.83 bits per heavy atom. The average Bonchev–Trinajstić information content (AvgIpc) is 2.89. The molecule has 0 amide bonds. The number of ketones is 1. The molecule has 2 aliphatic heterocycles. The van der Waals surface area contributed by atoms with Gasteiger partial charge < -0.3 is 14.4 Å². The van der Waals surface area contributed by atoms with Crippen LogP contribution in [0.2, 0.25) is 0 Å². The number of hydrogen-bond donors (Lipinski definition) is 0. The highest BCUT2D eigenvalue weighted by Gasteiger charge is 2.26. The molecule has 1 saturated heterocycles. The van der Waals surface area contributed by atoms with Gasteiger partial charge in [-0.25, -0.2) is 0 Å². The van der Waals surface area contributed by atoms with Crippen molar-refractivity contribution in [2.75, 3.05) is 51.4 Å². The third-order valence-corrected chi connectivity index (χ3v) is 5.12. The maximum atomic E-state index is 11.6. The summed E-state index contributed by atoms with van der Waals surface area (Å²) in [5.41, 5.74) is 1.12. The average molecular weight is 334 g/mol. The van der Waals surface area contributed by atoms with Crippen LogP contribution in [0, 0.1) is 0 Å². The third-order valence-electron chi connectivity index (χ3n) is 4.01. The molecule has 5 nitrogen and oxygen atoms in total. The second-order valence-electron chi connectivity index (χ2n) is 5.63. The number of rotatable bonds is 5. The highest BCUT2D eigenvalue weighted by Crippen LogP contribution is 2.47. The molecule has 0 bridgehead atoms. The summed E-state index contributed by atoms with van der Waals surface area (Å²) in [5, 5.41) is 0.994. The first-order valence-corrected chi connectivity index (χ1v) is 8.65. The van der Waals surface area contributed by atoms with Gasteiger partial charge in [0.25, 0.3) is 0 Å². The molecular weight excluding hydrogens is 312 g/mol. The molecule has 3 rings (SSSR count). The van der Waals surface area contributed by atoms with E-state index in [9.17, 15) is 4.79 Å². The number of morpholine rings is 1. The number of anilines is 1. The topological polar surface area (TPSA) is 42.0 Å². The van der Waals surface area contributed by atoms with Gasteiger partial charge in [0.2, 0.25) is 0 Å². The SMILES string of the molecule is COc1ccc2c(c1)N(CCN1CCOCC1)/C(=C/C(C)=O)S2. The first-order valence-electron chi connectivity index (χ1n) is 7.83. The lowest BCUT2D eigenvalue weighted by Gasteiger charge is -2.29. The summed E-state index contributed by atoms with van der Waals surface area (Å²) in [4.78, 5) is 17.3. The fourth-order valence-corrected chi connectivity index (χ4v) is 3.95. The van der Waals surface area contributed by atoms with Gasteiger partial charge in [-0.05, 0) is 19.1 Å². The second-order valence-corrected chi connectivity index (χ2v) is 6.70. The van der Waals surface area contributed by atoms with E-state index < -0.39 is 0 Å². The molecule has 1 aromatic rings. The van der Waals surface area contributed by atoms with Crippen LogP contribution in [0.1, 0.15) is 6.92 Å². The minimum atomic E-state index is 0.0728. The van der Waals surface area contributed by atoms with Gasteiger partial charge in [-0.3, -0.25) is 9.69 Å². The summed E-state index contributed by atoms with van der Waals surface area (Å²) >= 11 is 1.65. The Morgan fingerprint density at radius 1 is 1.35 bits per heavy atom. The van der Waals surface area contributed by atoms with E-state index in [2.05, 4.69) is 15.9 Å². The Balaban J connectivity index is 1.79. The number of allylic oxidation sites excluding steroid dienone is 1. The molecule has 0 aromatic heterocycles. The van der Waals surface area contributed by atoms with Gasteiger partial charge in [0.15, 0.2) is 5.78 Å². The molecule has 0 unspecified atom stereocenters. The Labute approximate surface area is 141 Å². The molecule has 0 aliphatic carbocycles. The molecule has 1 fully saturated rings. The lowest BCUT2D eigenvalue weighted by atomic mass is 10.2. The second kappa shape index (κ2) is 7.38. The Morgan fingerprint density at radius 2 is 2.13 bits per heavy atom. The van der Waals surface area contributed by atoms with Gasteiger partial charge in [0.1, 0.15) is 5.75 Å². The van der Waals surface area contributed by atoms with Crippen LogP contribution in [-0.2, 0) is 9.53 Å². The van der Waals surface area contributed by atoms with Crippen molar-refractivity contribution in [3.8, 4) is 5.75 Å². The summed E-state index contributed by atoms with van der Waals surface area (Å²) < 4.78 is 10.7. The van der Waals surface area contributed by atoms with Gasteiger partial charge in [-0.2, -0.15) is 0 Å². The standard InChI is InChI=1S/C17H22N2O3S/c1-13(20)11-17-19(6-5-18-7-9-22-10-8-18)15-12-14(21-2)3-4-16(15)23-17/h3-4,11-12H,5-10H2,1-2H3/b17-11-. The molecule has 0 radical (unpaired) electrons.